The zero-order valence-corrected chi connectivity index (χ0v) is 17.0. The molecule has 0 fully saturated rings. The summed E-state index contributed by atoms with van der Waals surface area (Å²) in [5.74, 6) is -1.63. The summed E-state index contributed by atoms with van der Waals surface area (Å²) in [5.41, 5.74) is 1.29. The van der Waals surface area contributed by atoms with Crippen LogP contribution in [0.15, 0.2) is 36.4 Å². The van der Waals surface area contributed by atoms with Crippen molar-refractivity contribution in [3.63, 3.8) is 0 Å². The fourth-order valence-electron chi connectivity index (χ4n) is 3.32. The number of carbonyl (C=O) groups is 3. The molecule has 1 heterocycles. The number of carbonyl (C=O) groups excluding carboxylic acids is 3. The molecule has 1 atom stereocenters. The van der Waals surface area contributed by atoms with Gasteiger partial charge in [-0.15, -0.1) is 0 Å². The van der Waals surface area contributed by atoms with Crippen LogP contribution in [0, 0.1) is 5.82 Å². The molecule has 1 aliphatic rings. The Kier molecular flexibility index (Phi) is 6.47. The van der Waals surface area contributed by atoms with Crippen molar-refractivity contribution in [3.8, 4) is 5.75 Å². The van der Waals surface area contributed by atoms with Gasteiger partial charge in [0, 0.05) is 25.8 Å². The van der Waals surface area contributed by atoms with Crippen LogP contribution in [0.2, 0.25) is 0 Å². The molecule has 3 amide bonds. The van der Waals surface area contributed by atoms with E-state index in [9.17, 15) is 18.8 Å². The number of nitrogens with zero attached hydrogens (tertiary/aromatic N) is 1. The van der Waals surface area contributed by atoms with E-state index in [1.54, 1.807) is 20.1 Å². The summed E-state index contributed by atoms with van der Waals surface area (Å²) >= 11 is 0. The van der Waals surface area contributed by atoms with E-state index in [2.05, 4.69) is 5.32 Å². The SMILES string of the molecule is COCCCN1C(=O)c2ccc(C(=O)N[C@@H](C)c3ccc(OC)c(F)c3)cc2C1=O. The van der Waals surface area contributed by atoms with Gasteiger partial charge in [-0.1, -0.05) is 6.07 Å². The number of imide groups is 1. The highest BCUT2D eigenvalue weighted by atomic mass is 19.1. The third kappa shape index (κ3) is 4.18. The van der Waals surface area contributed by atoms with Gasteiger partial charge in [-0.05, 0) is 49.2 Å². The molecule has 0 aromatic heterocycles. The minimum atomic E-state index is -0.522. The quantitative estimate of drug-likeness (QED) is 0.530. The first-order valence-electron chi connectivity index (χ1n) is 9.50. The lowest BCUT2D eigenvalue weighted by Crippen LogP contribution is -2.31. The molecule has 2 aromatic rings. The van der Waals surface area contributed by atoms with E-state index >= 15 is 0 Å². The van der Waals surface area contributed by atoms with Gasteiger partial charge in [0.2, 0.25) is 0 Å². The maximum Gasteiger partial charge on any atom is 0.261 e. The number of halogens is 1. The number of rotatable bonds is 8. The molecule has 1 N–H and O–H groups in total. The fourth-order valence-corrected chi connectivity index (χ4v) is 3.32. The molecule has 8 heteroatoms. The number of benzene rings is 2. The molecule has 7 nitrogen and oxygen atoms in total. The minimum absolute atomic E-state index is 0.120. The van der Waals surface area contributed by atoms with Crippen molar-refractivity contribution >= 4 is 17.7 Å². The monoisotopic (exact) mass is 414 g/mol. The lowest BCUT2D eigenvalue weighted by molar-refractivity contribution is 0.0638. The second-order valence-electron chi connectivity index (χ2n) is 6.96. The van der Waals surface area contributed by atoms with Gasteiger partial charge in [0.05, 0.1) is 24.3 Å². The van der Waals surface area contributed by atoms with Crippen LogP contribution in [0.1, 0.15) is 56.0 Å². The van der Waals surface area contributed by atoms with Crippen LogP contribution in [0.25, 0.3) is 0 Å². The highest BCUT2D eigenvalue weighted by Gasteiger charge is 2.35. The third-order valence-corrected chi connectivity index (χ3v) is 4.99. The van der Waals surface area contributed by atoms with Gasteiger partial charge in [0.1, 0.15) is 0 Å². The van der Waals surface area contributed by atoms with Gasteiger partial charge in [-0.3, -0.25) is 19.3 Å². The van der Waals surface area contributed by atoms with E-state index in [1.165, 1.54) is 37.4 Å². The van der Waals surface area contributed by atoms with Crippen molar-refractivity contribution in [2.45, 2.75) is 19.4 Å². The Morgan fingerprint density at radius 3 is 2.50 bits per heavy atom. The number of hydrogen-bond acceptors (Lipinski definition) is 5. The molecule has 3 rings (SSSR count). The topological polar surface area (TPSA) is 84.9 Å². The van der Waals surface area contributed by atoms with Crippen LogP contribution in [-0.4, -0.2) is 50.0 Å². The van der Waals surface area contributed by atoms with E-state index < -0.39 is 23.7 Å². The van der Waals surface area contributed by atoms with Crippen LogP contribution in [-0.2, 0) is 4.74 Å². The molecule has 158 valence electrons. The Morgan fingerprint density at radius 2 is 1.83 bits per heavy atom. The number of amides is 3. The molecular formula is C22H23FN2O5. The van der Waals surface area contributed by atoms with Gasteiger partial charge in [-0.25, -0.2) is 4.39 Å². The number of methoxy groups -OCH3 is 2. The summed E-state index contributed by atoms with van der Waals surface area (Å²) in [6, 6.07) is 8.38. The first-order chi connectivity index (χ1) is 14.4. The predicted molar refractivity (Wildman–Crippen MR) is 107 cm³/mol. The Labute approximate surface area is 173 Å². The second-order valence-corrected chi connectivity index (χ2v) is 6.96. The lowest BCUT2D eigenvalue weighted by Gasteiger charge is -2.15. The molecule has 0 bridgehead atoms. The number of hydrogen-bond donors (Lipinski definition) is 1. The van der Waals surface area contributed by atoms with E-state index in [-0.39, 0.29) is 34.9 Å². The highest BCUT2D eigenvalue weighted by molar-refractivity contribution is 6.22. The fraction of sp³-hybridized carbons (Fsp3) is 0.318. The van der Waals surface area contributed by atoms with Crippen LogP contribution in [0.5, 0.6) is 5.75 Å². The van der Waals surface area contributed by atoms with Crippen molar-refractivity contribution in [1.29, 1.82) is 0 Å². The van der Waals surface area contributed by atoms with Crippen molar-refractivity contribution in [1.82, 2.24) is 10.2 Å². The zero-order valence-electron chi connectivity index (χ0n) is 17.0. The van der Waals surface area contributed by atoms with Gasteiger partial charge in [0.15, 0.2) is 11.6 Å². The molecule has 0 spiro atoms. The lowest BCUT2D eigenvalue weighted by atomic mass is 10.0. The van der Waals surface area contributed by atoms with Crippen LogP contribution >= 0.6 is 0 Å². The van der Waals surface area contributed by atoms with Crippen LogP contribution < -0.4 is 10.1 Å². The Balaban J connectivity index is 1.74. The average molecular weight is 414 g/mol. The molecule has 2 aromatic carbocycles. The van der Waals surface area contributed by atoms with Gasteiger partial charge in [0.25, 0.3) is 17.7 Å². The largest absolute Gasteiger partial charge is 0.494 e. The normalized spacial score (nSPS) is 13.9. The molecule has 0 saturated carbocycles. The highest BCUT2D eigenvalue weighted by Crippen LogP contribution is 2.25. The zero-order chi connectivity index (χ0) is 21.8. The van der Waals surface area contributed by atoms with Crippen molar-refractivity contribution in [2.75, 3.05) is 27.4 Å². The van der Waals surface area contributed by atoms with Crippen LogP contribution in [0.3, 0.4) is 0 Å². The maximum absolute atomic E-state index is 13.9. The van der Waals surface area contributed by atoms with E-state index in [1.807, 2.05) is 0 Å². The molecule has 0 unspecified atom stereocenters. The number of fused-ring (bicyclic) bond motifs is 1. The predicted octanol–water partition coefficient (Wildman–Crippen LogP) is 2.96. The molecule has 0 radical (unpaired) electrons. The summed E-state index contributed by atoms with van der Waals surface area (Å²) in [6.45, 7) is 2.41. The summed E-state index contributed by atoms with van der Waals surface area (Å²) in [4.78, 5) is 38.9. The average Bonchev–Trinajstić information content (AvgIpc) is 2.98. The van der Waals surface area contributed by atoms with E-state index in [0.29, 0.717) is 18.6 Å². The standard InChI is InChI=1S/C22H23FN2O5/c1-13(14-6-8-19(30-3)18(23)12-14)24-20(26)15-5-7-16-17(11-15)22(28)25(21(16)27)9-4-10-29-2/h5-8,11-13H,4,9-10H2,1-3H3,(H,24,26)/t13-/m0/s1. The van der Waals surface area contributed by atoms with Gasteiger partial charge < -0.3 is 14.8 Å². The van der Waals surface area contributed by atoms with Crippen molar-refractivity contribution < 1.29 is 28.2 Å². The first kappa shape index (κ1) is 21.4. The second kappa shape index (κ2) is 9.04. The minimum Gasteiger partial charge on any atom is -0.494 e. The smallest absolute Gasteiger partial charge is 0.261 e. The summed E-state index contributed by atoms with van der Waals surface area (Å²) < 4.78 is 23.8. The van der Waals surface area contributed by atoms with E-state index in [4.69, 9.17) is 9.47 Å². The van der Waals surface area contributed by atoms with Crippen LogP contribution in [0.4, 0.5) is 4.39 Å². The van der Waals surface area contributed by atoms with Gasteiger partial charge in [-0.2, -0.15) is 0 Å². The third-order valence-electron chi connectivity index (χ3n) is 4.99. The van der Waals surface area contributed by atoms with Crippen molar-refractivity contribution in [3.05, 3.63) is 64.5 Å². The Bertz CT molecular complexity index is 991. The summed E-state index contributed by atoms with van der Waals surface area (Å²) in [5, 5.41) is 2.77. The Morgan fingerprint density at radius 1 is 1.10 bits per heavy atom. The maximum atomic E-state index is 13.9. The van der Waals surface area contributed by atoms with Crippen molar-refractivity contribution in [2.24, 2.45) is 0 Å². The molecule has 1 aliphatic heterocycles. The van der Waals surface area contributed by atoms with Gasteiger partial charge >= 0.3 is 0 Å². The first-order valence-corrected chi connectivity index (χ1v) is 9.50. The summed E-state index contributed by atoms with van der Waals surface area (Å²) in [6.07, 6.45) is 0.533. The number of ether oxygens (including phenoxy) is 2. The molecule has 30 heavy (non-hydrogen) atoms. The number of nitrogens with one attached hydrogen (secondary N) is 1. The Hall–Kier alpha value is -3.26. The van der Waals surface area contributed by atoms with E-state index in [0.717, 1.165) is 4.90 Å². The summed E-state index contributed by atoms with van der Waals surface area (Å²) in [7, 11) is 2.93. The molecular weight excluding hydrogens is 391 g/mol. The molecule has 0 saturated heterocycles. The molecule has 0 aliphatic carbocycles.